The summed E-state index contributed by atoms with van der Waals surface area (Å²) in [5, 5.41) is 7.44. The zero-order valence-electron chi connectivity index (χ0n) is 7.45. The number of rotatable bonds is 2. The van der Waals surface area contributed by atoms with E-state index in [0.29, 0.717) is 14.5 Å². The maximum atomic E-state index is 4.60. The van der Waals surface area contributed by atoms with E-state index in [1.165, 1.54) is 20.8 Å². The molecular weight excluding hydrogens is 277 g/mol. The SMILES string of the molecule is c1c[se]c(-c2sncc2-c2cnon2)c1. The van der Waals surface area contributed by atoms with Crippen molar-refractivity contribution >= 4 is 26.0 Å². The van der Waals surface area contributed by atoms with Gasteiger partial charge in [0.25, 0.3) is 0 Å². The van der Waals surface area contributed by atoms with Crippen LogP contribution < -0.4 is 0 Å². The third-order valence-electron chi connectivity index (χ3n) is 1.95. The molecule has 3 heterocycles. The van der Waals surface area contributed by atoms with Crippen LogP contribution in [-0.2, 0) is 0 Å². The van der Waals surface area contributed by atoms with E-state index in [1.807, 2.05) is 6.20 Å². The summed E-state index contributed by atoms with van der Waals surface area (Å²) in [4.78, 5) is 3.36. The molecule has 15 heavy (non-hydrogen) atoms. The summed E-state index contributed by atoms with van der Waals surface area (Å²) in [6.07, 6.45) is 3.43. The van der Waals surface area contributed by atoms with Crippen LogP contribution in [0.3, 0.4) is 0 Å². The van der Waals surface area contributed by atoms with Crippen LogP contribution in [0.5, 0.6) is 0 Å². The normalized spacial score (nSPS) is 10.7. The predicted molar refractivity (Wildman–Crippen MR) is 57.8 cm³/mol. The van der Waals surface area contributed by atoms with E-state index in [0.717, 1.165) is 11.3 Å². The molecule has 0 radical (unpaired) electrons. The van der Waals surface area contributed by atoms with Gasteiger partial charge in [0, 0.05) is 0 Å². The molecule has 0 aromatic carbocycles. The van der Waals surface area contributed by atoms with Crippen LogP contribution in [0.4, 0.5) is 0 Å². The first-order valence-corrected chi connectivity index (χ1v) is 6.83. The van der Waals surface area contributed by atoms with E-state index in [2.05, 4.69) is 36.4 Å². The Labute approximate surface area is 95.4 Å². The van der Waals surface area contributed by atoms with Crippen molar-refractivity contribution in [3.05, 3.63) is 29.5 Å². The second-order valence-electron chi connectivity index (χ2n) is 2.84. The first-order chi connectivity index (χ1) is 7.45. The summed E-state index contributed by atoms with van der Waals surface area (Å²) < 4.78 is 10.1. The molecular formula is C9H5N3OSSe. The summed E-state index contributed by atoms with van der Waals surface area (Å²) in [5.74, 6) is 0. The molecule has 0 bridgehead atoms. The minimum absolute atomic E-state index is 0.415. The fraction of sp³-hybridized carbons (Fsp3) is 0. The molecule has 0 saturated carbocycles. The van der Waals surface area contributed by atoms with Gasteiger partial charge in [0.2, 0.25) is 0 Å². The van der Waals surface area contributed by atoms with Crippen molar-refractivity contribution in [2.75, 3.05) is 0 Å². The van der Waals surface area contributed by atoms with Crippen LogP contribution in [0.1, 0.15) is 0 Å². The zero-order chi connectivity index (χ0) is 10.1. The standard InChI is InChI=1S/C9H5N3OSSe/c1-2-8(15-3-1)9-6(4-11-14-9)7-5-10-13-12-7/h1-5H. The molecule has 0 aliphatic carbocycles. The fourth-order valence-electron chi connectivity index (χ4n) is 1.29. The third kappa shape index (κ3) is 1.56. The predicted octanol–water partition coefficient (Wildman–Crippen LogP) is 1.92. The molecule has 3 rings (SSSR count). The van der Waals surface area contributed by atoms with Gasteiger partial charge in [-0.1, -0.05) is 0 Å². The van der Waals surface area contributed by atoms with Crippen LogP contribution in [0, 0.1) is 0 Å². The van der Waals surface area contributed by atoms with Gasteiger partial charge in [-0.05, 0) is 0 Å². The number of hydrogen-bond donors (Lipinski definition) is 0. The van der Waals surface area contributed by atoms with Gasteiger partial charge in [0.1, 0.15) is 0 Å². The van der Waals surface area contributed by atoms with Crippen LogP contribution in [0.25, 0.3) is 20.6 Å². The molecule has 0 spiro atoms. The Balaban J connectivity index is 2.15. The summed E-state index contributed by atoms with van der Waals surface area (Å²) in [6, 6.07) is 4.21. The first-order valence-electron chi connectivity index (χ1n) is 4.21. The van der Waals surface area contributed by atoms with E-state index < -0.39 is 0 Å². The average molecular weight is 282 g/mol. The van der Waals surface area contributed by atoms with Crippen LogP contribution in [0.15, 0.2) is 34.1 Å². The Bertz CT molecular complexity index is 495. The molecule has 0 aliphatic rings. The Hall–Kier alpha value is -1.23. The van der Waals surface area contributed by atoms with Gasteiger partial charge in [0.05, 0.1) is 0 Å². The van der Waals surface area contributed by atoms with Crippen molar-refractivity contribution in [3.8, 4) is 20.6 Å². The average Bonchev–Trinajstić information content (AvgIpc) is 3.01. The van der Waals surface area contributed by atoms with Gasteiger partial charge in [-0.25, -0.2) is 0 Å². The Morgan fingerprint density at radius 3 is 3.07 bits per heavy atom. The summed E-state index contributed by atoms with van der Waals surface area (Å²) in [5.41, 5.74) is 1.76. The van der Waals surface area contributed by atoms with Crippen molar-refractivity contribution in [2.24, 2.45) is 0 Å². The molecule has 0 N–H and O–H groups in total. The molecule has 3 aromatic heterocycles. The van der Waals surface area contributed by atoms with Crippen molar-refractivity contribution in [3.63, 3.8) is 0 Å². The first kappa shape index (κ1) is 9.03. The van der Waals surface area contributed by atoms with Gasteiger partial charge in [-0.2, -0.15) is 0 Å². The molecule has 0 atom stereocenters. The Morgan fingerprint density at radius 2 is 2.33 bits per heavy atom. The van der Waals surface area contributed by atoms with Gasteiger partial charge >= 0.3 is 95.4 Å². The van der Waals surface area contributed by atoms with Gasteiger partial charge < -0.3 is 0 Å². The van der Waals surface area contributed by atoms with Crippen molar-refractivity contribution in [1.82, 2.24) is 14.7 Å². The van der Waals surface area contributed by atoms with Crippen molar-refractivity contribution < 1.29 is 4.63 Å². The van der Waals surface area contributed by atoms with E-state index in [9.17, 15) is 0 Å². The minimum atomic E-state index is 0.415. The number of hydrogen-bond acceptors (Lipinski definition) is 5. The topological polar surface area (TPSA) is 51.8 Å². The second-order valence-corrected chi connectivity index (χ2v) is 5.63. The van der Waals surface area contributed by atoms with Gasteiger partial charge in [-0.15, -0.1) is 0 Å². The number of nitrogens with zero attached hydrogens (tertiary/aromatic N) is 3. The molecule has 0 fully saturated rings. The molecule has 0 unspecified atom stereocenters. The van der Waals surface area contributed by atoms with Crippen LogP contribution >= 0.6 is 11.5 Å². The molecule has 6 heteroatoms. The summed E-state index contributed by atoms with van der Waals surface area (Å²) >= 11 is 1.91. The molecule has 0 amide bonds. The van der Waals surface area contributed by atoms with Crippen LogP contribution in [-0.4, -0.2) is 29.2 Å². The quantitative estimate of drug-likeness (QED) is 0.674. The molecule has 74 valence electrons. The fourth-order valence-corrected chi connectivity index (χ4v) is 3.87. The molecule has 3 aromatic rings. The molecule has 0 aliphatic heterocycles. The van der Waals surface area contributed by atoms with Crippen molar-refractivity contribution in [1.29, 1.82) is 0 Å². The Morgan fingerprint density at radius 1 is 1.33 bits per heavy atom. The van der Waals surface area contributed by atoms with E-state index in [4.69, 9.17) is 0 Å². The maximum absolute atomic E-state index is 4.60. The third-order valence-corrected chi connectivity index (χ3v) is 4.94. The Kier molecular flexibility index (Phi) is 2.25. The summed E-state index contributed by atoms with van der Waals surface area (Å²) in [6.45, 7) is 0. The van der Waals surface area contributed by atoms with E-state index in [1.54, 1.807) is 6.20 Å². The number of aromatic nitrogens is 3. The van der Waals surface area contributed by atoms with Gasteiger partial charge in [0.15, 0.2) is 0 Å². The zero-order valence-corrected chi connectivity index (χ0v) is 9.98. The van der Waals surface area contributed by atoms with Crippen molar-refractivity contribution in [2.45, 2.75) is 0 Å². The molecule has 4 nitrogen and oxygen atoms in total. The molecule has 0 saturated heterocycles. The van der Waals surface area contributed by atoms with Crippen LogP contribution in [0.2, 0.25) is 0 Å². The van der Waals surface area contributed by atoms with Gasteiger partial charge in [-0.3, -0.25) is 0 Å². The van der Waals surface area contributed by atoms with E-state index >= 15 is 0 Å². The monoisotopic (exact) mass is 283 g/mol. The second kappa shape index (κ2) is 3.73. The summed E-state index contributed by atoms with van der Waals surface area (Å²) in [7, 11) is 0. The van der Waals surface area contributed by atoms with E-state index in [-0.39, 0.29) is 0 Å².